The van der Waals surface area contributed by atoms with Crippen LogP contribution in [0.2, 0.25) is 0 Å². The Hall–Kier alpha value is -6.38. The van der Waals surface area contributed by atoms with Crippen LogP contribution in [0, 0.1) is 0 Å². The zero-order chi connectivity index (χ0) is 44.4. The standard InChI is InChI=1S/C44H55N9O10/c1-29(48-43(57)31-7-11-32(45-2)12-8-31)6-15-36(54)46-16-20-59-24-26-62-27-25-60-21-17-47-37(55)28-63-33-13-9-30(10-14-33)40-39-41(51-50-40)34-4-3-5-35(38(34)42(39)56)49-44(58)52-53-18-22-61-23-19-53/h3-5,7-14,29,45H,6,15-28H2,1-2H3,(H,46,54)(H,47,55)(H,48,57)(H,50,51)(H2,49,52,58)/t29-/m1/s1. The van der Waals surface area contributed by atoms with Gasteiger partial charge in [-0.2, -0.15) is 5.10 Å². The maximum absolute atomic E-state index is 13.7. The third kappa shape index (κ3) is 13.6. The van der Waals surface area contributed by atoms with Crippen LogP contribution in [0.3, 0.4) is 0 Å². The molecule has 7 N–H and O–H groups in total. The molecule has 336 valence electrons. The van der Waals surface area contributed by atoms with Gasteiger partial charge in [0, 0.05) is 68.1 Å². The van der Waals surface area contributed by atoms with Crippen LogP contribution in [0.15, 0.2) is 66.7 Å². The molecule has 0 unspecified atom stereocenters. The SMILES string of the molecule is CNc1ccc(C(=O)N[C@H](C)CCC(=O)NCCOCCOCCOCCNC(=O)COc2ccc(-c3n[nH]c4c3C(=O)c3c(NC(=O)NN5CCOCC5)cccc3-4)cc2)cc1. The minimum atomic E-state index is -0.445. The second kappa shape index (κ2) is 23.7. The third-order valence-electron chi connectivity index (χ3n) is 10.1. The molecule has 0 saturated carbocycles. The van der Waals surface area contributed by atoms with Crippen LogP contribution in [0.25, 0.3) is 22.5 Å². The number of hydrogen-bond donors (Lipinski definition) is 7. The number of fused-ring (bicyclic) bond motifs is 3. The van der Waals surface area contributed by atoms with Crippen LogP contribution in [-0.4, -0.2) is 143 Å². The summed E-state index contributed by atoms with van der Waals surface area (Å²) in [5, 5.41) is 23.5. The minimum Gasteiger partial charge on any atom is -0.484 e. The topological polar surface area (TPSA) is 236 Å². The summed E-state index contributed by atoms with van der Waals surface area (Å²) in [5.74, 6) is -0.385. The Morgan fingerprint density at radius 1 is 0.825 bits per heavy atom. The molecular formula is C44H55N9O10. The summed E-state index contributed by atoms with van der Waals surface area (Å²) in [6, 6.07) is 18.8. The minimum absolute atomic E-state index is 0.110. The normalized spacial score (nSPS) is 13.7. The van der Waals surface area contributed by atoms with Crippen molar-refractivity contribution < 1.29 is 47.7 Å². The van der Waals surface area contributed by atoms with Crippen molar-refractivity contribution >= 4 is 40.9 Å². The van der Waals surface area contributed by atoms with Gasteiger partial charge in [0.2, 0.25) is 5.91 Å². The Morgan fingerprint density at radius 3 is 2.17 bits per heavy atom. The average molecular weight is 870 g/mol. The molecule has 0 radical (unpaired) electrons. The van der Waals surface area contributed by atoms with Crippen LogP contribution >= 0.6 is 0 Å². The lowest BCUT2D eigenvalue weighted by atomic mass is 10.0. The van der Waals surface area contributed by atoms with E-state index in [4.69, 9.17) is 23.7 Å². The lowest BCUT2D eigenvalue weighted by Gasteiger charge is -2.27. The van der Waals surface area contributed by atoms with E-state index < -0.39 is 6.03 Å². The number of amides is 5. The Balaban J connectivity index is 0.773. The van der Waals surface area contributed by atoms with Crippen molar-refractivity contribution in [2.75, 3.05) is 103 Å². The van der Waals surface area contributed by atoms with Gasteiger partial charge in [0.25, 0.3) is 11.8 Å². The number of rotatable bonds is 24. The lowest BCUT2D eigenvalue weighted by Crippen LogP contribution is -2.49. The average Bonchev–Trinajstić information content (AvgIpc) is 3.86. The summed E-state index contributed by atoms with van der Waals surface area (Å²) in [7, 11) is 1.81. The maximum atomic E-state index is 13.7. The molecule has 63 heavy (non-hydrogen) atoms. The van der Waals surface area contributed by atoms with Gasteiger partial charge in [0.1, 0.15) is 11.4 Å². The molecule has 19 nitrogen and oxygen atoms in total. The molecule has 5 amide bonds. The third-order valence-corrected chi connectivity index (χ3v) is 10.1. The monoisotopic (exact) mass is 869 g/mol. The zero-order valence-electron chi connectivity index (χ0n) is 35.5. The highest BCUT2D eigenvalue weighted by Gasteiger charge is 2.35. The fraction of sp³-hybridized carbons (Fsp3) is 0.409. The van der Waals surface area contributed by atoms with Gasteiger partial charge < -0.3 is 50.3 Å². The highest BCUT2D eigenvalue weighted by molar-refractivity contribution is 6.27. The molecule has 0 bridgehead atoms. The van der Waals surface area contributed by atoms with Crippen LogP contribution in [0.1, 0.15) is 46.0 Å². The van der Waals surface area contributed by atoms with E-state index in [0.717, 1.165) is 5.69 Å². The second-order valence-electron chi connectivity index (χ2n) is 14.6. The predicted molar refractivity (Wildman–Crippen MR) is 234 cm³/mol. The van der Waals surface area contributed by atoms with Gasteiger partial charge in [-0.3, -0.25) is 29.7 Å². The Kier molecular flexibility index (Phi) is 17.4. The Labute approximate surface area is 365 Å². The first-order valence-corrected chi connectivity index (χ1v) is 21.0. The van der Waals surface area contributed by atoms with Crippen LogP contribution in [-0.2, 0) is 28.5 Å². The second-order valence-corrected chi connectivity index (χ2v) is 14.6. The van der Waals surface area contributed by atoms with Crippen molar-refractivity contribution in [3.63, 3.8) is 0 Å². The zero-order valence-corrected chi connectivity index (χ0v) is 35.5. The van der Waals surface area contributed by atoms with E-state index in [9.17, 15) is 24.0 Å². The molecule has 1 saturated heterocycles. The summed E-state index contributed by atoms with van der Waals surface area (Å²) in [6.07, 6.45) is 0.803. The number of carbonyl (C=O) groups is 5. The van der Waals surface area contributed by atoms with Crippen molar-refractivity contribution in [3.8, 4) is 28.3 Å². The molecule has 1 aliphatic carbocycles. The molecule has 3 aromatic carbocycles. The molecule has 4 aromatic rings. The van der Waals surface area contributed by atoms with Gasteiger partial charge >= 0.3 is 6.03 Å². The van der Waals surface area contributed by atoms with Gasteiger partial charge in [-0.25, -0.2) is 9.80 Å². The number of anilines is 2. The fourth-order valence-electron chi connectivity index (χ4n) is 6.75. The van der Waals surface area contributed by atoms with Crippen LogP contribution < -0.4 is 36.7 Å². The molecule has 0 spiro atoms. The van der Waals surface area contributed by atoms with Gasteiger partial charge in [0.05, 0.1) is 75.4 Å². The van der Waals surface area contributed by atoms with Gasteiger partial charge in [0.15, 0.2) is 12.4 Å². The van der Waals surface area contributed by atoms with Gasteiger partial charge in [-0.05, 0) is 67.9 Å². The quantitative estimate of drug-likeness (QED) is 0.0443. The highest BCUT2D eigenvalue weighted by atomic mass is 16.5. The molecule has 1 aromatic heterocycles. The molecular weight excluding hydrogens is 815 g/mol. The van der Waals surface area contributed by atoms with Crippen molar-refractivity contribution in [2.24, 2.45) is 0 Å². The van der Waals surface area contributed by atoms with E-state index in [1.807, 2.05) is 32.2 Å². The van der Waals surface area contributed by atoms with Crippen LogP contribution in [0.5, 0.6) is 5.75 Å². The van der Waals surface area contributed by atoms with Gasteiger partial charge in [-0.1, -0.05) is 12.1 Å². The Morgan fingerprint density at radius 2 is 1.49 bits per heavy atom. The molecule has 1 aliphatic heterocycles. The first-order valence-electron chi connectivity index (χ1n) is 21.0. The highest BCUT2D eigenvalue weighted by Crippen LogP contribution is 2.43. The van der Waals surface area contributed by atoms with Crippen molar-refractivity contribution in [3.05, 3.63) is 83.4 Å². The van der Waals surface area contributed by atoms with E-state index in [2.05, 4.69) is 42.2 Å². The summed E-state index contributed by atoms with van der Waals surface area (Å²) in [4.78, 5) is 63.4. The summed E-state index contributed by atoms with van der Waals surface area (Å²) in [6.45, 7) is 6.61. The number of carbonyl (C=O) groups excluding carboxylic acids is 5. The first-order chi connectivity index (χ1) is 30.7. The molecule has 1 fully saturated rings. The van der Waals surface area contributed by atoms with E-state index in [1.54, 1.807) is 53.5 Å². The number of aromatic nitrogens is 2. The molecule has 6 rings (SSSR count). The summed E-state index contributed by atoms with van der Waals surface area (Å²) >= 11 is 0. The number of ketones is 1. The molecule has 19 heteroatoms. The number of benzene rings is 3. The van der Waals surface area contributed by atoms with Crippen molar-refractivity contribution in [1.82, 2.24) is 36.6 Å². The van der Waals surface area contributed by atoms with Gasteiger partial charge in [-0.15, -0.1) is 0 Å². The first kappa shape index (κ1) is 46.1. The largest absolute Gasteiger partial charge is 0.484 e. The number of aromatic amines is 1. The number of hydrazine groups is 1. The van der Waals surface area contributed by atoms with E-state index in [1.165, 1.54) is 0 Å². The predicted octanol–water partition coefficient (Wildman–Crippen LogP) is 2.96. The lowest BCUT2D eigenvalue weighted by molar-refractivity contribution is -0.123. The van der Waals surface area contributed by atoms with E-state index in [-0.39, 0.29) is 42.6 Å². The number of nitrogens with zero attached hydrogens (tertiary/aromatic N) is 2. The van der Waals surface area contributed by atoms with E-state index >= 15 is 0 Å². The number of nitrogens with one attached hydrogen (secondary N) is 7. The fourth-order valence-corrected chi connectivity index (χ4v) is 6.75. The molecule has 2 heterocycles. The summed E-state index contributed by atoms with van der Waals surface area (Å²) < 4.78 is 27.5. The Bertz CT molecular complexity index is 2160. The number of morpholine rings is 1. The smallest absolute Gasteiger partial charge is 0.333 e. The number of H-pyrrole nitrogens is 1. The molecule has 1 atom stereocenters. The maximum Gasteiger partial charge on any atom is 0.333 e. The summed E-state index contributed by atoms with van der Waals surface area (Å²) in [5.41, 5.74) is 7.84. The van der Waals surface area contributed by atoms with Crippen molar-refractivity contribution in [2.45, 2.75) is 25.8 Å². The molecule has 2 aliphatic rings. The number of ether oxygens (including phenoxy) is 5. The number of hydrogen-bond acceptors (Lipinski definition) is 13. The van der Waals surface area contributed by atoms with Crippen LogP contribution in [0.4, 0.5) is 16.2 Å². The number of urea groups is 1. The van der Waals surface area contributed by atoms with E-state index in [0.29, 0.717) is 136 Å². The van der Waals surface area contributed by atoms with Crippen molar-refractivity contribution in [1.29, 1.82) is 0 Å².